The first-order chi connectivity index (χ1) is 9.45. The Bertz CT molecular complexity index is 472. The quantitative estimate of drug-likeness (QED) is 0.740. The summed E-state index contributed by atoms with van der Waals surface area (Å²) in [6, 6.07) is 6.27. The minimum Gasteiger partial charge on any atom is -0.352 e. The van der Waals surface area contributed by atoms with Crippen LogP contribution in [0.4, 0.5) is 5.69 Å². The molecule has 0 saturated carbocycles. The molecule has 0 saturated heterocycles. The van der Waals surface area contributed by atoms with E-state index in [1.165, 1.54) is 0 Å². The van der Waals surface area contributed by atoms with E-state index in [0.717, 1.165) is 6.42 Å². The van der Waals surface area contributed by atoms with E-state index in [1.54, 1.807) is 24.3 Å². The van der Waals surface area contributed by atoms with Gasteiger partial charge in [-0.2, -0.15) is 0 Å². The molecule has 0 unspecified atom stereocenters. The molecule has 110 valence electrons. The largest absolute Gasteiger partial charge is 0.352 e. The average Bonchev–Trinajstić information content (AvgIpc) is 2.43. The standard InChI is InChI=1S/C15H23N3O2/c1-4-8-17-14(19)11-6-5-7-12(9-11)18-15(20)13(16)10(2)3/h5-7,9-10,13H,4,8,16H2,1-3H3,(H,17,19)(H,18,20)/t13-/m1/s1. The van der Waals surface area contributed by atoms with Crippen molar-refractivity contribution in [1.82, 2.24) is 5.32 Å². The average molecular weight is 277 g/mol. The highest BCUT2D eigenvalue weighted by Gasteiger charge is 2.17. The van der Waals surface area contributed by atoms with Gasteiger partial charge in [-0.15, -0.1) is 0 Å². The van der Waals surface area contributed by atoms with Crippen LogP contribution < -0.4 is 16.4 Å². The van der Waals surface area contributed by atoms with Crippen LogP contribution >= 0.6 is 0 Å². The second-order valence-corrected chi connectivity index (χ2v) is 5.10. The topological polar surface area (TPSA) is 84.2 Å². The highest BCUT2D eigenvalue weighted by molar-refractivity contribution is 5.98. The second kappa shape index (κ2) is 7.65. The zero-order chi connectivity index (χ0) is 15.1. The van der Waals surface area contributed by atoms with Crippen molar-refractivity contribution in [2.45, 2.75) is 33.2 Å². The predicted octanol–water partition coefficient (Wildman–Crippen LogP) is 1.75. The maximum atomic E-state index is 11.9. The molecule has 0 aromatic heterocycles. The fourth-order valence-corrected chi connectivity index (χ4v) is 1.61. The summed E-state index contributed by atoms with van der Waals surface area (Å²) in [5.74, 6) is -0.326. The molecule has 4 N–H and O–H groups in total. The van der Waals surface area contributed by atoms with E-state index < -0.39 is 6.04 Å². The third-order valence-electron chi connectivity index (χ3n) is 2.95. The van der Waals surface area contributed by atoms with Crippen LogP contribution in [0.2, 0.25) is 0 Å². The van der Waals surface area contributed by atoms with Gasteiger partial charge in [-0.3, -0.25) is 9.59 Å². The van der Waals surface area contributed by atoms with E-state index in [9.17, 15) is 9.59 Å². The van der Waals surface area contributed by atoms with E-state index >= 15 is 0 Å². The lowest BCUT2D eigenvalue weighted by Gasteiger charge is -2.15. The minimum absolute atomic E-state index is 0.0611. The van der Waals surface area contributed by atoms with Crippen molar-refractivity contribution in [1.29, 1.82) is 0 Å². The molecule has 0 spiro atoms. The van der Waals surface area contributed by atoms with Gasteiger partial charge in [-0.25, -0.2) is 0 Å². The number of hydrogen-bond acceptors (Lipinski definition) is 3. The van der Waals surface area contributed by atoms with Crippen molar-refractivity contribution in [3.8, 4) is 0 Å². The first-order valence-corrected chi connectivity index (χ1v) is 6.90. The van der Waals surface area contributed by atoms with Gasteiger partial charge in [0.25, 0.3) is 5.91 Å². The minimum atomic E-state index is -0.562. The third-order valence-corrected chi connectivity index (χ3v) is 2.95. The van der Waals surface area contributed by atoms with Gasteiger partial charge in [-0.05, 0) is 30.5 Å². The Morgan fingerprint density at radius 1 is 1.30 bits per heavy atom. The SMILES string of the molecule is CCCNC(=O)c1cccc(NC(=O)[C@H](N)C(C)C)c1. The molecule has 2 amide bonds. The van der Waals surface area contributed by atoms with E-state index in [-0.39, 0.29) is 17.7 Å². The number of carbonyl (C=O) groups excluding carboxylic acids is 2. The molecule has 0 heterocycles. The summed E-state index contributed by atoms with van der Waals surface area (Å²) in [6.07, 6.45) is 0.880. The number of carbonyl (C=O) groups is 2. The molecule has 0 aliphatic heterocycles. The number of hydrogen-bond donors (Lipinski definition) is 3. The third kappa shape index (κ3) is 4.66. The van der Waals surface area contributed by atoms with Crippen LogP contribution in [0.1, 0.15) is 37.6 Å². The Kier molecular flexibility index (Phi) is 6.18. The van der Waals surface area contributed by atoms with Gasteiger partial charge in [0.15, 0.2) is 0 Å². The Hall–Kier alpha value is -1.88. The smallest absolute Gasteiger partial charge is 0.251 e. The molecule has 1 aromatic rings. The van der Waals surface area contributed by atoms with Crippen molar-refractivity contribution in [3.05, 3.63) is 29.8 Å². The van der Waals surface area contributed by atoms with Crippen LogP contribution in [-0.4, -0.2) is 24.4 Å². The van der Waals surface area contributed by atoms with Gasteiger partial charge in [0.05, 0.1) is 6.04 Å². The monoisotopic (exact) mass is 277 g/mol. The van der Waals surface area contributed by atoms with Crippen LogP contribution in [0.25, 0.3) is 0 Å². The Labute approximate surface area is 119 Å². The lowest BCUT2D eigenvalue weighted by atomic mass is 10.0. The molecule has 20 heavy (non-hydrogen) atoms. The molecule has 0 bridgehead atoms. The molecule has 1 aromatic carbocycles. The molecule has 1 rings (SSSR count). The van der Waals surface area contributed by atoms with E-state index in [4.69, 9.17) is 5.73 Å². The second-order valence-electron chi connectivity index (χ2n) is 5.10. The van der Waals surface area contributed by atoms with Gasteiger partial charge in [0, 0.05) is 17.8 Å². The zero-order valence-electron chi connectivity index (χ0n) is 12.3. The van der Waals surface area contributed by atoms with Crippen molar-refractivity contribution in [2.75, 3.05) is 11.9 Å². The molecule has 0 aliphatic carbocycles. The summed E-state index contributed by atoms with van der Waals surface area (Å²) in [5, 5.41) is 5.52. The van der Waals surface area contributed by atoms with Crippen molar-refractivity contribution < 1.29 is 9.59 Å². The van der Waals surface area contributed by atoms with E-state index in [0.29, 0.717) is 17.8 Å². The lowest BCUT2D eigenvalue weighted by molar-refractivity contribution is -0.118. The summed E-state index contributed by atoms with van der Waals surface area (Å²) in [6.45, 7) is 6.40. The first-order valence-electron chi connectivity index (χ1n) is 6.90. The normalized spacial score (nSPS) is 12.1. The molecule has 0 radical (unpaired) electrons. The van der Waals surface area contributed by atoms with Crippen LogP contribution in [0.5, 0.6) is 0 Å². The van der Waals surface area contributed by atoms with Gasteiger partial charge < -0.3 is 16.4 Å². The van der Waals surface area contributed by atoms with Crippen molar-refractivity contribution >= 4 is 17.5 Å². The number of nitrogens with one attached hydrogen (secondary N) is 2. The van der Waals surface area contributed by atoms with Crippen LogP contribution in [0.15, 0.2) is 24.3 Å². The molecular formula is C15H23N3O2. The van der Waals surface area contributed by atoms with Crippen molar-refractivity contribution in [2.24, 2.45) is 11.7 Å². The summed E-state index contributed by atoms with van der Waals surface area (Å²) in [7, 11) is 0. The van der Waals surface area contributed by atoms with Gasteiger partial charge in [-0.1, -0.05) is 26.8 Å². The number of benzene rings is 1. The van der Waals surface area contributed by atoms with E-state index in [1.807, 2.05) is 20.8 Å². The molecule has 0 fully saturated rings. The fraction of sp³-hybridized carbons (Fsp3) is 0.467. The Balaban J connectivity index is 2.73. The molecule has 5 heteroatoms. The Morgan fingerprint density at radius 2 is 2.00 bits per heavy atom. The first kappa shape index (κ1) is 16.2. The van der Waals surface area contributed by atoms with Crippen LogP contribution in [0, 0.1) is 5.92 Å². The van der Waals surface area contributed by atoms with Gasteiger partial charge in [0.2, 0.25) is 5.91 Å². The summed E-state index contributed by atoms with van der Waals surface area (Å²) in [5.41, 5.74) is 6.88. The fourth-order valence-electron chi connectivity index (χ4n) is 1.61. The number of anilines is 1. The molecular weight excluding hydrogens is 254 g/mol. The summed E-state index contributed by atoms with van der Waals surface area (Å²) in [4.78, 5) is 23.7. The molecule has 5 nitrogen and oxygen atoms in total. The Morgan fingerprint density at radius 3 is 2.60 bits per heavy atom. The number of amides is 2. The summed E-state index contributed by atoms with van der Waals surface area (Å²) < 4.78 is 0. The highest BCUT2D eigenvalue weighted by Crippen LogP contribution is 2.12. The van der Waals surface area contributed by atoms with E-state index in [2.05, 4.69) is 10.6 Å². The number of nitrogens with two attached hydrogens (primary N) is 1. The maximum absolute atomic E-state index is 11.9. The maximum Gasteiger partial charge on any atom is 0.251 e. The predicted molar refractivity (Wildman–Crippen MR) is 80.5 cm³/mol. The zero-order valence-corrected chi connectivity index (χ0v) is 12.3. The van der Waals surface area contributed by atoms with Gasteiger partial charge >= 0.3 is 0 Å². The molecule has 1 atom stereocenters. The van der Waals surface area contributed by atoms with Crippen molar-refractivity contribution in [3.63, 3.8) is 0 Å². The summed E-state index contributed by atoms with van der Waals surface area (Å²) >= 11 is 0. The number of rotatable bonds is 6. The molecule has 0 aliphatic rings. The highest BCUT2D eigenvalue weighted by atomic mass is 16.2. The van der Waals surface area contributed by atoms with Crippen LogP contribution in [0.3, 0.4) is 0 Å². The van der Waals surface area contributed by atoms with Crippen LogP contribution in [-0.2, 0) is 4.79 Å². The lowest BCUT2D eigenvalue weighted by Crippen LogP contribution is -2.39. The van der Waals surface area contributed by atoms with Gasteiger partial charge in [0.1, 0.15) is 0 Å².